The van der Waals surface area contributed by atoms with Gasteiger partial charge in [0.15, 0.2) is 5.69 Å². The SMILES string of the molecule is Cc1nonc1C(=O)N1CCCC(c2ncncc2-c2ccncc2)C1. The Morgan fingerprint density at radius 2 is 2.08 bits per heavy atom. The van der Waals surface area contributed by atoms with Crippen LogP contribution in [0.1, 0.15) is 40.6 Å². The Labute approximate surface area is 150 Å². The Morgan fingerprint density at radius 3 is 2.85 bits per heavy atom. The second kappa shape index (κ2) is 6.99. The lowest BCUT2D eigenvalue weighted by Gasteiger charge is -2.32. The van der Waals surface area contributed by atoms with Crippen molar-refractivity contribution in [3.05, 3.63) is 54.1 Å². The highest BCUT2D eigenvalue weighted by Gasteiger charge is 2.30. The molecule has 1 amide bonds. The van der Waals surface area contributed by atoms with Crippen molar-refractivity contribution in [2.24, 2.45) is 0 Å². The molecular formula is C18H18N6O2. The molecule has 1 fully saturated rings. The third-order valence-electron chi connectivity index (χ3n) is 4.68. The first-order valence-corrected chi connectivity index (χ1v) is 8.53. The smallest absolute Gasteiger partial charge is 0.278 e. The lowest BCUT2D eigenvalue weighted by molar-refractivity contribution is 0.0694. The Morgan fingerprint density at radius 1 is 1.23 bits per heavy atom. The van der Waals surface area contributed by atoms with Crippen molar-refractivity contribution in [3.8, 4) is 11.1 Å². The van der Waals surface area contributed by atoms with E-state index < -0.39 is 0 Å². The van der Waals surface area contributed by atoms with Gasteiger partial charge >= 0.3 is 0 Å². The highest BCUT2D eigenvalue weighted by atomic mass is 16.6. The lowest BCUT2D eigenvalue weighted by Crippen LogP contribution is -2.39. The molecule has 0 spiro atoms. The maximum atomic E-state index is 12.7. The van der Waals surface area contributed by atoms with Crippen molar-refractivity contribution in [2.45, 2.75) is 25.7 Å². The topological polar surface area (TPSA) is 97.9 Å². The van der Waals surface area contributed by atoms with Gasteiger partial charge in [0.05, 0.1) is 5.69 Å². The number of hydrogen-bond acceptors (Lipinski definition) is 7. The molecule has 0 aliphatic carbocycles. The fourth-order valence-electron chi connectivity index (χ4n) is 3.38. The average molecular weight is 350 g/mol. The largest absolute Gasteiger partial charge is 0.336 e. The summed E-state index contributed by atoms with van der Waals surface area (Å²) in [5, 5.41) is 7.45. The van der Waals surface area contributed by atoms with Gasteiger partial charge < -0.3 is 4.90 Å². The molecule has 0 saturated carbocycles. The Bertz CT molecular complexity index is 911. The third-order valence-corrected chi connectivity index (χ3v) is 4.68. The van der Waals surface area contributed by atoms with Crippen molar-refractivity contribution < 1.29 is 9.42 Å². The second-order valence-electron chi connectivity index (χ2n) is 6.35. The van der Waals surface area contributed by atoms with Crippen LogP contribution in [0, 0.1) is 6.92 Å². The minimum absolute atomic E-state index is 0.138. The molecule has 0 N–H and O–H groups in total. The van der Waals surface area contributed by atoms with Gasteiger partial charge in [-0.25, -0.2) is 14.6 Å². The highest BCUT2D eigenvalue weighted by Crippen LogP contribution is 2.32. The van der Waals surface area contributed by atoms with E-state index in [1.165, 1.54) is 0 Å². The molecule has 0 radical (unpaired) electrons. The van der Waals surface area contributed by atoms with Gasteiger partial charge in [-0.1, -0.05) is 5.16 Å². The number of hydrogen-bond donors (Lipinski definition) is 0. The van der Waals surface area contributed by atoms with Crippen molar-refractivity contribution in [1.82, 2.24) is 30.2 Å². The molecule has 1 aliphatic rings. The van der Waals surface area contributed by atoms with E-state index in [1.807, 2.05) is 18.3 Å². The molecule has 0 bridgehead atoms. The van der Waals surface area contributed by atoms with Crippen molar-refractivity contribution >= 4 is 5.91 Å². The quantitative estimate of drug-likeness (QED) is 0.714. The van der Waals surface area contributed by atoms with Gasteiger partial charge in [0, 0.05) is 43.2 Å². The number of aromatic nitrogens is 5. The van der Waals surface area contributed by atoms with Crippen LogP contribution in [0.5, 0.6) is 0 Å². The first-order chi connectivity index (χ1) is 12.7. The summed E-state index contributed by atoms with van der Waals surface area (Å²) in [5.74, 6) is -0.00741. The number of aryl methyl sites for hydroxylation is 1. The Hall–Kier alpha value is -3.16. The zero-order valence-electron chi connectivity index (χ0n) is 14.4. The van der Waals surface area contributed by atoms with Gasteiger partial charge in [-0.05, 0) is 42.6 Å². The summed E-state index contributed by atoms with van der Waals surface area (Å²) in [7, 11) is 0. The normalized spacial score (nSPS) is 17.3. The Kier molecular flexibility index (Phi) is 4.39. The maximum absolute atomic E-state index is 12.7. The molecule has 8 nitrogen and oxygen atoms in total. The van der Waals surface area contributed by atoms with Gasteiger partial charge in [0.25, 0.3) is 5.91 Å². The predicted molar refractivity (Wildman–Crippen MR) is 92.2 cm³/mol. The molecule has 4 heterocycles. The van der Waals surface area contributed by atoms with Crippen LogP contribution in [-0.2, 0) is 0 Å². The van der Waals surface area contributed by atoms with E-state index in [4.69, 9.17) is 0 Å². The molecule has 1 aliphatic heterocycles. The standard InChI is InChI=1S/C18H18N6O2/c1-12-16(23-26-22-12)18(25)24-8-2-3-14(10-24)17-15(9-20-11-21-17)13-4-6-19-7-5-13/h4-7,9,11,14H,2-3,8,10H2,1H3. The first kappa shape index (κ1) is 16.3. The van der Waals surface area contributed by atoms with Crippen LogP contribution < -0.4 is 0 Å². The highest BCUT2D eigenvalue weighted by molar-refractivity contribution is 5.93. The summed E-state index contributed by atoms with van der Waals surface area (Å²) < 4.78 is 4.67. The summed E-state index contributed by atoms with van der Waals surface area (Å²) in [5.41, 5.74) is 3.75. The lowest BCUT2D eigenvalue weighted by atomic mass is 9.90. The fourth-order valence-corrected chi connectivity index (χ4v) is 3.38. The molecule has 1 unspecified atom stereocenters. The minimum Gasteiger partial charge on any atom is -0.336 e. The monoisotopic (exact) mass is 350 g/mol. The van der Waals surface area contributed by atoms with Gasteiger partial charge in [0.1, 0.15) is 12.0 Å². The van der Waals surface area contributed by atoms with Crippen LogP contribution in [0.15, 0.2) is 41.7 Å². The summed E-state index contributed by atoms with van der Waals surface area (Å²) in [6.45, 7) is 2.99. The number of piperidine rings is 1. The van der Waals surface area contributed by atoms with Crippen LogP contribution in [0.25, 0.3) is 11.1 Å². The summed E-state index contributed by atoms with van der Waals surface area (Å²) in [6.07, 6.45) is 8.76. The maximum Gasteiger partial charge on any atom is 0.278 e. The molecule has 1 atom stereocenters. The zero-order chi connectivity index (χ0) is 17.9. The summed E-state index contributed by atoms with van der Waals surface area (Å²) >= 11 is 0. The van der Waals surface area contributed by atoms with Gasteiger partial charge in [-0.15, -0.1) is 0 Å². The van der Waals surface area contributed by atoms with E-state index in [1.54, 1.807) is 30.5 Å². The van der Waals surface area contributed by atoms with Crippen LogP contribution in [0.4, 0.5) is 0 Å². The van der Waals surface area contributed by atoms with E-state index in [9.17, 15) is 4.79 Å². The number of likely N-dealkylation sites (tertiary alicyclic amines) is 1. The first-order valence-electron chi connectivity index (χ1n) is 8.53. The summed E-state index contributed by atoms with van der Waals surface area (Å²) in [6, 6.07) is 3.89. The molecule has 1 saturated heterocycles. The number of pyridine rings is 1. The molecule has 3 aromatic rings. The molecule has 132 valence electrons. The Balaban J connectivity index is 1.61. The van der Waals surface area contributed by atoms with Crippen LogP contribution >= 0.6 is 0 Å². The summed E-state index contributed by atoms with van der Waals surface area (Å²) in [4.78, 5) is 27.3. The van der Waals surface area contributed by atoms with E-state index >= 15 is 0 Å². The fraction of sp³-hybridized carbons (Fsp3) is 0.333. The average Bonchev–Trinajstić information content (AvgIpc) is 3.14. The molecule has 0 aromatic carbocycles. The van der Waals surface area contributed by atoms with Gasteiger partial charge in [-0.2, -0.15) is 0 Å². The molecule has 3 aromatic heterocycles. The van der Waals surface area contributed by atoms with Crippen molar-refractivity contribution in [2.75, 3.05) is 13.1 Å². The van der Waals surface area contributed by atoms with Crippen LogP contribution in [0.3, 0.4) is 0 Å². The van der Waals surface area contributed by atoms with E-state index in [-0.39, 0.29) is 17.5 Å². The van der Waals surface area contributed by atoms with Crippen LogP contribution in [-0.4, -0.2) is 49.2 Å². The molecule has 26 heavy (non-hydrogen) atoms. The zero-order valence-corrected chi connectivity index (χ0v) is 14.4. The van der Waals surface area contributed by atoms with Crippen molar-refractivity contribution in [3.63, 3.8) is 0 Å². The third kappa shape index (κ3) is 3.05. The number of carbonyl (C=O) groups excluding carboxylic acids is 1. The van der Waals surface area contributed by atoms with Crippen LogP contribution in [0.2, 0.25) is 0 Å². The van der Waals surface area contributed by atoms with E-state index in [0.717, 1.165) is 29.7 Å². The molecule has 8 heteroatoms. The van der Waals surface area contributed by atoms with Gasteiger partial charge in [-0.3, -0.25) is 9.78 Å². The molecule has 4 rings (SSSR count). The number of rotatable bonds is 3. The predicted octanol–water partition coefficient (Wildman–Crippen LogP) is 2.25. The van der Waals surface area contributed by atoms with Crippen molar-refractivity contribution in [1.29, 1.82) is 0 Å². The second-order valence-corrected chi connectivity index (χ2v) is 6.35. The van der Waals surface area contributed by atoms with E-state index in [2.05, 4.69) is 29.9 Å². The minimum atomic E-state index is -0.145. The van der Waals surface area contributed by atoms with E-state index in [0.29, 0.717) is 18.8 Å². The van der Waals surface area contributed by atoms with Gasteiger partial charge in [0.2, 0.25) is 0 Å². The number of carbonyl (C=O) groups is 1. The number of nitrogens with zero attached hydrogens (tertiary/aromatic N) is 6. The number of amides is 1. The molecular weight excluding hydrogens is 332 g/mol.